The Labute approximate surface area is 117 Å². The molecule has 0 atom stereocenters. The summed E-state index contributed by atoms with van der Waals surface area (Å²) in [6.45, 7) is 4.82. The van der Waals surface area contributed by atoms with Gasteiger partial charge in [0.1, 0.15) is 5.54 Å². The Morgan fingerprint density at radius 3 is 2.74 bits per heavy atom. The molecule has 104 valence electrons. The normalized spacial score (nSPS) is 19.2. The number of hydrogen-bond donors (Lipinski definition) is 1. The summed E-state index contributed by atoms with van der Waals surface area (Å²) in [5, 5.41) is 4.84. The quantitative estimate of drug-likeness (QED) is 0.911. The fraction of sp³-hybridized carbons (Fsp3) is 0.615. The van der Waals surface area contributed by atoms with Crippen molar-refractivity contribution in [2.75, 3.05) is 6.54 Å². The van der Waals surface area contributed by atoms with Gasteiger partial charge in [0.15, 0.2) is 0 Å². The molecule has 1 aromatic heterocycles. The zero-order valence-corrected chi connectivity index (χ0v) is 12.1. The van der Waals surface area contributed by atoms with Gasteiger partial charge in [-0.05, 0) is 12.8 Å². The Hall–Kier alpha value is -1.43. The van der Waals surface area contributed by atoms with E-state index >= 15 is 0 Å². The number of hydrogen-bond acceptors (Lipinski definition) is 4. The molecular weight excluding hydrogens is 262 g/mol. The van der Waals surface area contributed by atoms with Crippen molar-refractivity contribution in [1.29, 1.82) is 0 Å². The summed E-state index contributed by atoms with van der Waals surface area (Å²) in [5.41, 5.74) is 1.89. The fourth-order valence-corrected chi connectivity index (χ4v) is 2.96. The number of carbonyl (C=O) groups is 2. The van der Waals surface area contributed by atoms with Gasteiger partial charge in [-0.15, -0.1) is 11.3 Å². The summed E-state index contributed by atoms with van der Waals surface area (Å²) < 4.78 is 0. The van der Waals surface area contributed by atoms with Gasteiger partial charge in [-0.25, -0.2) is 4.98 Å². The SMILES string of the molecule is CCC1(CC)NC(=O)CCN(Cc2cscn2)C1=O. The van der Waals surface area contributed by atoms with Gasteiger partial charge in [0.25, 0.3) is 0 Å². The highest BCUT2D eigenvalue weighted by atomic mass is 32.1. The van der Waals surface area contributed by atoms with Crippen LogP contribution >= 0.6 is 11.3 Å². The van der Waals surface area contributed by atoms with E-state index in [1.54, 1.807) is 10.4 Å². The molecule has 1 aliphatic heterocycles. The summed E-state index contributed by atoms with van der Waals surface area (Å²) in [4.78, 5) is 30.5. The number of nitrogens with zero attached hydrogens (tertiary/aromatic N) is 2. The molecule has 0 radical (unpaired) electrons. The third-order valence-electron chi connectivity index (χ3n) is 3.73. The first-order chi connectivity index (χ1) is 9.11. The molecule has 0 saturated carbocycles. The second kappa shape index (κ2) is 5.69. The number of thiazole rings is 1. The number of amides is 2. The minimum atomic E-state index is -0.746. The lowest BCUT2D eigenvalue weighted by atomic mass is 9.91. The summed E-state index contributed by atoms with van der Waals surface area (Å²) in [5.74, 6) is -0.0332. The van der Waals surface area contributed by atoms with Gasteiger partial charge in [-0.2, -0.15) is 0 Å². The zero-order valence-electron chi connectivity index (χ0n) is 11.3. The van der Waals surface area contributed by atoms with Crippen molar-refractivity contribution in [3.63, 3.8) is 0 Å². The first-order valence-electron chi connectivity index (χ1n) is 6.58. The van der Waals surface area contributed by atoms with Crippen molar-refractivity contribution < 1.29 is 9.59 Å². The predicted octanol–water partition coefficient (Wildman–Crippen LogP) is 1.55. The molecule has 6 heteroatoms. The second-order valence-electron chi connectivity index (χ2n) is 4.79. The predicted molar refractivity (Wildman–Crippen MR) is 73.6 cm³/mol. The standard InChI is InChI=1S/C13H19N3O2S/c1-3-13(4-2)12(18)16(6-5-11(17)15-13)7-10-8-19-9-14-10/h8-9H,3-7H2,1-2H3,(H,15,17). The van der Waals surface area contributed by atoms with Gasteiger partial charge in [0.2, 0.25) is 11.8 Å². The summed E-state index contributed by atoms with van der Waals surface area (Å²) in [6.07, 6.45) is 1.58. The van der Waals surface area contributed by atoms with Crippen molar-refractivity contribution in [1.82, 2.24) is 15.2 Å². The Morgan fingerprint density at radius 2 is 2.16 bits per heavy atom. The van der Waals surface area contributed by atoms with Gasteiger partial charge in [0.05, 0.1) is 17.7 Å². The van der Waals surface area contributed by atoms with Crippen molar-refractivity contribution in [2.24, 2.45) is 0 Å². The molecule has 2 rings (SSSR count). The van der Waals surface area contributed by atoms with Crippen molar-refractivity contribution >= 4 is 23.2 Å². The first kappa shape index (κ1) is 14.0. The zero-order chi connectivity index (χ0) is 13.9. The van der Waals surface area contributed by atoms with Crippen LogP contribution < -0.4 is 5.32 Å². The molecule has 1 saturated heterocycles. The summed E-state index contributed by atoms with van der Waals surface area (Å²) in [6, 6.07) is 0. The molecule has 5 nitrogen and oxygen atoms in total. The number of rotatable bonds is 4. The largest absolute Gasteiger partial charge is 0.342 e. The summed E-state index contributed by atoms with van der Waals surface area (Å²) in [7, 11) is 0. The van der Waals surface area contributed by atoms with Crippen LogP contribution in [0.4, 0.5) is 0 Å². The number of aromatic nitrogens is 1. The van der Waals surface area contributed by atoms with Gasteiger partial charge < -0.3 is 10.2 Å². The molecule has 0 aliphatic carbocycles. The average Bonchev–Trinajstić information content (AvgIpc) is 2.89. The van der Waals surface area contributed by atoms with E-state index < -0.39 is 5.54 Å². The molecular formula is C13H19N3O2S. The lowest BCUT2D eigenvalue weighted by Crippen LogP contribution is -2.56. The van der Waals surface area contributed by atoms with E-state index in [1.165, 1.54) is 11.3 Å². The fourth-order valence-electron chi connectivity index (χ4n) is 2.41. The van der Waals surface area contributed by atoms with Gasteiger partial charge in [-0.1, -0.05) is 13.8 Å². The van der Waals surface area contributed by atoms with Crippen molar-refractivity contribution in [2.45, 2.75) is 45.2 Å². The van der Waals surface area contributed by atoms with E-state index in [1.807, 2.05) is 19.2 Å². The molecule has 0 spiro atoms. The van der Waals surface area contributed by atoms with E-state index in [9.17, 15) is 9.59 Å². The van der Waals surface area contributed by atoms with Gasteiger partial charge in [0, 0.05) is 18.3 Å². The van der Waals surface area contributed by atoms with Crippen LogP contribution in [-0.4, -0.2) is 33.8 Å². The van der Waals surface area contributed by atoms with Crippen LogP contribution in [0.15, 0.2) is 10.9 Å². The molecule has 2 heterocycles. The topological polar surface area (TPSA) is 62.3 Å². The van der Waals surface area contributed by atoms with Crippen LogP contribution in [0.25, 0.3) is 0 Å². The second-order valence-corrected chi connectivity index (χ2v) is 5.51. The smallest absolute Gasteiger partial charge is 0.248 e. The van der Waals surface area contributed by atoms with E-state index in [2.05, 4.69) is 10.3 Å². The molecule has 2 amide bonds. The minimum Gasteiger partial charge on any atom is -0.342 e. The summed E-state index contributed by atoms with van der Waals surface area (Å²) >= 11 is 1.51. The molecule has 1 aromatic rings. The van der Waals surface area contributed by atoms with E-state index in [-0.39, 0.29) is 11.8 Å². The highest BCUT2D eigenvalue weighted by Crippen LogP contribution is 2.23. The lowest BCUT2D eigenvalue weighted by Gasteiger charge is -2.33. The van der Waals surface area contributed by atoms with E-state index in [4.69, 9.17) is 0 Å². The Morgan fingerprint density at radius 1 is 1.42 bits per heavy atom. The van der Waals surface area contributed by atoms with Crippen LogP contribution in [0.2, 0.25) is 0 Å². The van der Waals surface area contributed by atoms with Crippen molar-refractivity contribution in [3.05, 3.63) is 16.6 Å². The van der Waals surface area contributed by atoms with Crippen LogP contribution in [0.3, 0.4) is 0 Å². The maximum absolute atomic E-state index is 12.7. The highest BCUT2D eigenvalue weighted by molar-refractivity contribution is 7.07. The van der Waals surface area contributed by atoms with Crippen molar-refractivity contribution in [3.8, 4) is 0 Å². The highest BCUT2D eigenvalue weighted by Gasteiger charge is 2.41. The van der Waals surface area contributed by atoms with Crippen LogP contribution in [0.1, 0.15) is 38.8 Å². The number of carbonyl (C=O) groups excluding carboxylic acids is 2. The van der Waals surface area contributed by atoms with Gasteiger partial charge in [-0.3, -0.25) is 9.59 Å². The van der Waals surface area contributed by atoms with E-state index in [0.717, 1.165) is 5.69 Å². The van der Waals surface area contributed by atoms with Crippen LogP contribution in [-0.2, 0) is 16.1 Å². The third kappa shape index (κ3) is 2.78. The Balaban J connectivity index is 2.23. The maximum atomic E-state index is 12.7. The Bertz CT molecular complexity index is 454. The monoisotopic (exact) mass is 281 g/mol. The molecule has 1 N–H and O–H groups in total. The molecule has 1 aliphatic rings. The third-order valence-corrected chi connectivity index (χ3v) is 4.36. The average molecular weight is 281 g/mol. The lowest BCUT2D eigenvalue weighted by molar-refractivity contribution is -0.139. The van der Waals surface area contributed by atoms with Crippen LogP contribution in [0.5, 0.6) is 0 Å². The molecule has 19 heavy (non-hydrogen) atoms. The molecule has 1 fully saturated rings. The van der Waals surface area contributed by atoms with Gasteiger partial charge >= 0.3 is 0 Å². The van der Waals surface area contributed by atoms with Crippen LogP contribution in [0, 0.1) is 0 Å². The first-order valence-corrected chi connectivity index (χ1v) is 7.53. The molecule has 0 aromatic carbocycles. The maximum Gasteiger partial charge on any atom is 0.248 e. The molecule has 0 bridgehead atoms. The minimum absolute atomic E-state index is 0.0105. The Kier molecular flexibility index (Phi) is 4.19. The molecule has 0 unspecified atom stereocenters. The number of nitrogens with one attached hydrogen (secondary N) is 1. The van der Waals surface area contributed by atoms with E-state index in [0.29, 0.717) is 32.4 Å².